The van der Waals surface area contributed by atoms with E-state index in [2.05, 4.69) is 11.8 Å². The van der Waals surface area contributed by atoms with E-state index in [4.69, 9.17) is 27.9 Å². The molecular formula is C15H20Cl2N2O2. The number of likely N-dealkylation sites (N-methyl/N-ethyl adjacent to an activating group) is 1. The predicted molar refractivity (Wildman–Crippen MR) is 85.2 cm³/mol. The highest BCUT2D eigenvalue weighted by Gasteiger charge is 2.25. The zero-order chi connectivity index (χ0) is 15.4. The molecule has 0 radical (unpaired) electrons. The van der Waals surface area contributed by atoms with Crippen LogP contribution in [0.2, 0.25) is 10.0 Å². The van der Waals surface area contributed by atoms with Crippen molar-refractivity contribution >= 4 is 29.1 Å². The maximum absolute atomic E-state index is 12.4. The lowest BCUT2D eigenvalue weighted by molar-refractivity contribution is -0.139. The van der Waals surface area contributed by atoms with Crippen molar-refractivity contribution in [3.8, 4) is 5.75 Å². The average molecular weight is 331 g/mol. The molecule has 0 aliphatic carbocycles. The third-order valence-corrected chi connectivity index (χ3v) is 4.21. The topological polar surface area (TPSA) is 32.8 Å². The van der Waals surface area contributed by atoms with Crippen molar-refractivity contribution in [2.75, 3.05) is 32.7 Å². The monoisotopic (exact) mass is 330 g/mol. The third-order valence-electron chi connectivity index (χ3n) is 3.68. The summed E-state index contributed by atoms with van der Waals surface area (Å²) in [5.41, 5.74) is 0. The molecule has 1 aliphatic rings. The molecule has 0 bridgehead atoms. The van der Waals surface area contributed by atoms with Crippen molar-refractivity contribution in [1.82, 2.24) is 9.80 Å². The molecular weight excluding hydrogens is 311 g/mol. The molecule has 1 fully saturated rings. The van der Waals surface area contributed by atoms with Crippen LogP contribution in [-0.2, 0) is 4.79 Å². The van der Waals surface area contributed by atoms with E-state index >= 15 is 0 Å². The Morgan fingerprint density at radius 1 is 1.29 bits per heavy atom. The second kappa shape index (κ2) is 7.34. The molecule has 2 rings (SSSR count). The molecule has 0 unspecified atom stereocenters. The van der Waals surface area contributed by atoms with Gasteiger partial charge in [-0.2, -0.15) is 0 Å². The molecule has 0 spiro atoms. The van der Waals surface area contributed by atoms with Crippen molar-refractivity contribution in [2.24, 2.45) is 0 Å². The standard InChI is InChI=1S/C15H20Cl2N2O2/c1-3-18-6-8-19(9-7-18)15(20)11(2)21-14-5-4-12(16)10-13(14)17/h4-5,10-11H,3,6-9H2,1-2H3/t11-/m1/s1. The Morgan fingerprint density at radius 3 is 2.52 bits per heavy atom. The molecule has 4 nitrogen and oxygen atoms in total. The highest BCUT2D eigenvalue weighted by molar-refractivity contribution is 6.35. The van der Waals surface area contributed by atoms with E-state index in [9.17, 15) is 4.79 Å². The van der Waals surface area contributed by atoms with E-state index in [1.165, 1.54) is 0 Å². The first-order valence-electron chi connectivity index (χ1n) is 7.14. The summed E-state index contributed by atoms with van der Waals surface area (Å²) < 4.78 is 5.67. The first kappa shape index (κ1) is 16.4. The van der Waals surface area contributed by atoms with Crippen LogP contribution >= 0.6 is 23.2 Å². The van der Waals surface area contributed by atoms with Crippen molar-refractivity contribution in [3.63, 3.8) is 0 Å². The lowest BCUT2D eigenvalue weighted by Gasteiger charge is -2.35. The Morgan fingerprint density at radius 2 is 1.95 bits per heavy atom. The summed E-state index contributed by atoms with van der Waals surface area (Å²) in [6.45, 7) is 8.22. The number of hydrogen-bond acceptors (Lipinski definition) is 3. The van der Waals surface area contributed by atoms with Crippen LogP contribution < -0.4 is 4.74 Å². The van der Waals surface area contributed by atoms with Crippen molar-refractivity contribution in [2.45, 2.75) is 20.0 Å². The SMILES string of the molecule is CCN1CCN(C(=O)[C@@H](C)Oc2ccc(Cl)cc2Cl)CC1. The van der Waals surface area contributed by atoms with E-state index in [1.54, 1.807) is 25.1 Å². The zero-order valence-electron chi connectivity index (χ0n) is 12.3. The first-order chi connectivity index (χ1) is 10.0. The Labute approximate surface area is 135 Å². The molecule has 1 heterocycles. The summed E-state index contributed by atoms with van der Waals surface area (Å²) in [6.07, 6.45) is -0.558. The van der Waals surface area contributed by atoms with Gasteiger partial charge in [0.2, 0.25) is 0 Å². The van der Waals surface area contributed by atoms with E-state index in [0.29, 0.717) is 15.8 Å². The number of benzene rings is 1. The third kappa shape index (κ3) is 4.25. The highest BCUT2D eigenvalue weighted by atomic mass is 35.5. The Bertz CT molecular complexity index is 502. The molecule has 1 saturated heterocycles. The molecule has 116 valence electrons. The summed E-state index contributed by atoms with van der Waals surface area (Å²) in [5.74, 6) is 0.478. The number of rotatable bonds is 4. The minimum atomic E-state index is -0.558. The number of nitrogens with zero attached hydrogens (tertiary/aromatic N) is 2. The molecule has 6 heteroatoms. The van der Waals surface area contributed by atoms with Crippen LogP contribution in [0.25, 0.3) is 0 Å². The molecule has 0 N–H and O–H groups in total. The molecule has 0 saturated carbocycles. The number of halogens is 2. The Hall–Kier alpha value is -0.970. The second-order valence-electron chi connectivity index (χ2n) is 5.09. The van der Waals surface area contributed by atoms with Gasteiger partial charge in [-0.05, 0) is 31.7 Å². The summed E-state index contributed by atoms with van der Waals surface area (Å²) in [5, 5.41) is 0.958. The maximum atomic E-state index is 12.4. The van der Waals surface area contributed by atoms with Gasteiger partial charge >= 0.3 is 0 Å². The van der Waals surface area contributed by atoms with Gasteiger partial charge in [-0.25, -0.2) is 0 Å². The zero-order valence-corrected chi connectivity index (χ0v) is 13.8. The van der Waals surface area contributed by atoms with Crippen molar-refractivity contribution < 1.29 is 9.53 Å². The van der Waals surface area contributed by atoms with E-state index in [-0.39, 0.29) is 5.91 Å². The van der Waals surface area contributed by atoms with Gasteiger partial charge in [-0.15, -0.1) is 0 Å². The minimum Gasteiger partial charge on any atom is -0.479 e. The van der Waals surface area contributed by atoms with E-state index in [0.717, 1.165) is 32.7 Å². The summed E-state index contributed by atoms with van der Waals surface area (Å²) >= 11 is 11.9. The number of piperazine rings is 1. The van der Waals surface area contributed by atoms with Crippen LogP contribution in [0.3, 0.4) is 0 Å². The lowest BCUT2D eigenvalue weighted by atomic mass is 10.2. The molecule has 1 aromatic rings. The van der Waals surface area contributed by atoms with Crippen LogP contribution in [0.1, 0.15) is 13.8 Å². The van der Waals surface area contributed by atoms with Gasteiger partial charge in [-0.1, -0.05) is 30.1 Å². The minimum absolute atomic E-state index is 0.00299. The smallest absolute Gasteiger partial charge is 0.263 e. The molecule has 21 heavy (non-hydrogen) atoms. The largest absolute Gasteiger partial charge is 0.479 e. The van der Waals surface area contributed by atoms with Crippen LogP contribution in [0, 0.1) is 0 Å². The fourth-order valence-corrected chi connectivity index (χ4v) is 2.81. The van der Waals surface area contributed by atoms with Gasteiger partial charge < -0.3 is 14.5 Å². The van der Waals surface area contributed by atoms with Crippen molar-refractivity contribution in [3.05, 3.63) is 28.2 Å². The van der Waals surface area contributed by atoms with Crippen LogP contribution in [0.4, 0.5) is 0 Å². The average Bonchev–Trinajstić information content (AvgIpc) is 2.49. The number of carbonyl (C=O) groups is 1. The number of amides is 1. The highest BCUT2D eigenvalue weighted by Crippen LogP contribution is 2.28. The van der Waals surface area contributed by atoms with Gasteiger partial charge in [0, 0.05) is 31.2 Å². The lowest BCUT2D eigenvalue weighted by Crippen LogP contribution is -2.51. The molecule has 1 aliphatic heterocycles. The summed E-state index contributed by atoms with van der Waals surface area (Å²) in [6, 6.07) is 4.99. The molecule has 0 aromatic heterocycles. The van der Waals surface area contributed by atoms with Gasteiger partial charge in [0.15, 0.2) is 6.10 Å². The van der Waals surface area contributed by atoms with E-state index < -0.39 is 6.10 Å². The quantitative estimate of drug-likeness (QED) is 0.850. The number of hydrogen-bond donors (Lipinski definition) is 0. The number of ether oxygens (including phenoxy) is 1. The van der Waals surface area contributed by atoms with Gasteiger partial charge in [0.1, 0.15) is 5.75 Å². The Kier molecular flexibility index (Phi) is 5.73. The van der Waals surface area contributed by atoms with Gasteiger partial charge in [0.05, 0.1) is 5.02 Å². The second-order valence-corrected chi connectivity index (χ2v) is 5.94. The number of carbonyl (C=O) groups excluding carboxylic acids is 1. The van der Waals surface area contributed by atoms with Crippen LogP contribution in [-0.4, -0.2) is 54.5 Å². The first-order valence-corrected chi connectivity index (χ1v) is 7.89. The van der Waals surface area contributed by atoms with Crippen LogP contribution in [0.15, 0.2) is 18.2 Å². The van der Waals surface area contributed by atoms with Gasteiger partial charge in [-0.3, -0.25) is 4.79 Å². The van der Waals surface area contributed by atoms with E-state index in [1.807, 2.05) is 4.90 Å². The molecule has 1 aromatic carbocycles. The normalized spacial score (nSPS) is 17.6. The van der Waals surface area contributed by atoms with Gasteiger partial charge in [0.25, 0.3) is 5.91 Å². The summed E-state index contributed by atoms with van der Waals surface area (Å²) in [7, 11) is 0. The predicted octanol–water partition coefficient (Wildman–Crippen LogP) is 2.92. The molecule has 1 amide bonds. The fraction of sp³-hybridized carbons (Fsp3) is 0.533. The summed E-state index contributed by atoms with van der Waals surface area (Å²) in [4.78, 5) is 16.6. The Balaban J connectivity index is 1.93. The molecule has 1 atom stereocenters. The van der Waals surface area contributed by atoms with Crippen LogP contribution in [0.5, 0.6) is 5.75 Å². The van der Waals surface area contributed by atoms with Crippen molar-refractivity contribution in [1.29, 1.82) is 0 Å². The fourth-order valence-electron chi connectivity index (χ4n) is 2.35. The maximum Gasteiger partial charge on any atom is 0.263 e.